The zero-order valence-electron chi connectivity index (χ0n) is 16.5. The number of nitrogens with one attached hydrogen (secondary N) is 1. The van der Waals surface area contributed by atoms with E-state index in [-0.39, 0.29) is 29.9 Å². The fourth-order valence-electron chi connectivity index (χ4n) is 3.46. The summed E-state index contributed by atoms with van der Waals surface area (Å²) in [5.74, 6) is 0.383. The molecule has 1 unspecified atom stereocenters. The van der Waals surface area contributed by atoms with Crippen molar-refractivity contribution >= 4 is 32.8 Å². The topological polar surface area (TPSA) is 66.5 Å². The first-order valence-electron chi connectivity index (χ1n) is 9.71. The third kappa shape index (κ3) is 5.82. The SMILES string of the molecule is CCc1ccc(N(CC(=O)NCC2CCS(=O)(=O)C2)Cc2ccc(C)s2)cc1. The zero-order chi connectivity index (χ0) is 20.1. The van der Waals surface area contributed by atoms with Crippen LogP contribution in [0.4, 0.5) is 5.69 Å². The lowest BCUT2D eigenvalue weighted by Crippen LogP contribution is -2.39. The lowest BCUT2D eigenvalue weighted by molar-refractivity contribution is -0.119. The molecule has 1 N–H and O–H groups in total. The monoisotopic (exact) mass is 420 g/mol. The van der Waals surface area contributed by atoms with Crippen molar-refractivity contribution in [2.75, 3.05) is 29.5 Å². The highest BCUT2D eigenvalue weighted by atomic mass is 32.2. The molecule has 7 heteroatoms. The molecular weight excluding hydrogens is 392 g/mol. The van der Waals surface area contributed by atoms with Gasteiger partial charge in [-0.25, -0.2) is 8.42 Å². The number of carbonyl (C=O) groups excluding carboxylic acids is 1. The number of thiophene rings is 1. The average molecular weight is 421 g/mol. The number of rotatable bonds is 8. The Morgan fingerprint density at radius 2 is 1.96 bits per heavy atom. The fourth-order valence-corrected chi connectivity index (χ4v) is 6.23. The summed E-state index contributed by atoms with van der Waals surface area (Å²) in [5.41, 5.74) is 2.28. The van der Waals surface area contributed by atoms with Crippen LogP contribution in [0.15, 0.2) is 36.4 Å². The summed E-state index contributed by atoms with van der Waals surface area (Å²) in [4.78, 5) is 17.1. The lowest BCUT2D eigenvalue weighted by atomic mass is 10.1. The molecule has 0 spiro atoms. The number of sulfone groups is 1. The molecule has 28 heavy (non-hydrogen) atoms. The van der Waals surface area contributed by atoms with Crippen molar-refractivity contribution in [2.45, 2.75) is 33.2 Å². The predicted octanol–water partition coefficient (Wildman–Crippen LogP) is 3.18. The Kier molecular flexibility index (Phi) is 6.78. The van der Waals surface area contributed by atoms with Crippen LogP contribution in [0.1, 0.15) is 28.7 Å². The number of carbonyl (C=O) groups is 1. The molecule has 0 aliphatic carbocycles. The van der Waals surface area contributed by atoms with E-state index >= 15 is 0 Å². The van der Waals surface area contributed by atoms with Gasteiger partial charge in [0.25, 0.3) is 0 Å². The highest BCUT2D eigenvalue weighted by molar-refractivity contribution is 7.91. The van der Waals surface area contributed by atoms with Crippen LogP contribution >= 0.6 is 11.3 Å². The van der Waals surface area contributed by atoms with Crippen molar-refractivity contribution in [3.05, 3.63) is 51.7 Å². The van der Waals surface area contributed by atoms with E-state index in [0.717, 1.165) is 12.1 Å². The van der Waals surface area contributed by atoms with Crippen molar-refractivity contribution in [1.82, 2.24) is 5.32 Å². The second-order valence-electron chi connectivity index (χ2n) is 7.46. The van der Waals surface area contributed by atoms with Crippen molar-refractivity contribution in [3.8, 4) is 0 Å². The van der Waals surface area contributed by atoms with E-state index in [1.165, 1.54) is 15.3 Å². The Bertz CT molecular complexity index is 904. The van der Waals surface area contributed by atoms with Gasteiger partial charge in [0.15, 0.2) is 9.84 Å². The van der Waals surface area contributed by atoms with Crippen molar-refractivity contribution in [3.63, 3.8) is 0 Å². The second kappa shape index (κ2) is 9.09. The van der Waals surface area contributed by atoms with E-state index in [0.29, 0.717) is 19.5 Å². The average Bonchev–Trinajstić information content (AvgIpc) is 3.24. The number of amides is 1. The number of nitrogens with zero attached hydrogens (tertiary/aromatic N) is 1. The van der Waals surface area contributed by atoms with E-state index in [1.807, 2.05) is 0 Å². The molecule has 2 heterocycles. The van der Waals surface area contributed by atoms with Crippen molar-refractivity contribution in [2.24, 2.45) is 5.92 Å². The minimum absolute atomic E-state index is 0.0335. The van der Waals surface area contributed by atoms with Gasteiger partial charge in [-0.15, -0.1) is 11.3 Å². The molecule has 1 fully saturated rings. The van der Waals surface area contributed by atoms with Crippen molar-refractivity contribution < 1.29 is 13.2 Å². The number of anilines is 1. The Balaban J connectivity index is 1.64. The lowest BCUT2D eigenvalue weighted by Gasteiger charge is -2.24. The quantitative estimate of drug-likeness (QED) is 0.712. The van der Waals surface area contributed by atoms with Crippen LogP contribution in [-0.2, 0) is 27.6 Å². The molecule has 0 radical (unpaired) electrons. The molecule has 3 rings (SSSR count). The fraction of sp³-hybridized carbons (Fsp3) is 0.476. The van der Waals surface area contributed by atoms with E-state index in [1.54, 1.807) is 11.3 Å². The normalized spacial score (nSPS) is 18.1. The molecule has 0 bridgehead atoms. The largest absolute Gasteiger partial charge is 0.357 e. The molecule has 1 atom stereocenters. The van der Waals surface area contributed by atoms with Gasteiger partial charge < -0.3 is 10.2 Å². The Morgan fingerprint density at radius 3 is 2.54 bits per heavy atom. The Morgan fingerprint density at radius 1 is 1.21 bits per heavy atom. The molecule has 1 aromatic heterocycles. The highest BCUT2D eigenvalue weighted by Gasteiger charge is 2.28. The second-order valence-corrected chi connectivity index (χ2v) is 11.1. The summed E-state index contributed by atoms with van der Waals surface area (Å²) >= 11 is 1.74. The molecule has 2 aromatic rings. The third-order valence-electron chi connectivity index (χ3n) is 5.10. The van der Waals surface area contributed by atoms with E-state index < -0.39 is 9.84 Å². The van der Waals surface area contributed by atoms with E-state index in [9.17, 15) is 13.2 Å². The Labute approximate surface area is 171 Å². The maximum Gasteiger partial charge on any atom is 0.239 e. The van der Waals surface area contributed by atoms with Gasteiger partial charge in [-0.1, -0.05) is 19.1 Å². The standard InChI is InChI=1S/C21H28N2O3S2/c1-3-17-5-7-19(8-6-17)23(13-20-9-4-16(2)27-20)14-21(24)22-12-18-10-11-28(25,26)15-18/h4-9,18H,3,10-15H2,1-2H3,(H,22,24). The minimum atomic E-state index is -2.91. The maximum atomic E-state index is 12.6. The van der Waals surface area contributed by atoms with Crippen molar-refractivity contribution in [1.29, 1.82) is 0 Å². The summed E-state index contributed by atoms with van der Waals surface area (Å²) in [6.45, 7) is 5.56. The number of aryl methyl sites for hydroxylation is 2. The molecule has 1 amide bonds. The summed E-state index contributed by atoms with van der Waals surface area (Å²) in [6.07, 6.45) is 1.62. The van der Waals surface area contributed by atoms with Gasteiger partial charge in [-0.2, -0.15) is 0 Å². The molecule has 1 aromatic carbocycles. The molecule has 5 nitrogen and oxygen atoms in total. The summed E-state index contributed by atoms with van der Waals surface area (Å²) in [5, 5.41) is 2.93. The van der Waals surface area contributed by atoms with E-state index in [2.05, 4.69) is 60.5 Å². The van der Waals surface area contributed by atoms with Gasteiger partial charge in [0, 0.05) is 22.0 Å². The number of hydrogen-bond donors (Lipinski definition) is 1. The molecular formula is C21H28N2O3S2. The molecule has 0 saturated carbocycles. The molecule has 152 valence electrons. The van der Waals surface area contributed by atoms with E-state index in [4.69, 9.17) is 0 Å². The number of benzene rings is 1. The van der Waals surface area contributed by atoms with Gasteiger partial charge >= 0.3 is 0 Å². The third-order valence-corrected chi connectivity index (χ3v) is 7.92. The smallest absolute Gasteiger partial charge is 0.239 e. The summed E-state index contributed by atoms with van der Waals surface area (Å²) in [7, 11) is -2.91. The molecule has 1 aliphatic rings. The highest BCUT2D eigenvalue weighted by Crippen LogP contribution is 2.22. The van der Waals surface area contributed by atoms with Crippen LogP contribution in [0, 0.1) is 12.8 Å². The van der Waals surface area contributed by atoms with Crippen LogP contribution < -0.4 is 10.2 Å². The first-order valence-corrected chi connectivity index (χ1v) is 12.3. The van der Waals surface area contributed by atoms with Gasteiger partial charge in [0.2, 0.25) is 5.91 Å². The van der Waals surface area contributed by atoms with Crippen LogP contribution in [0.25, 0.3) is 0 Å². The van der Waals surface area contributed by atoms with Crippen LogP contribution in [0.2, 0.25) is 0 Å². The molecule has 1 saturated heterocycles. The van der Waals surface area contributed by atoms with Gasteiger partial charge in [0.05, 0.1) is 24.6 Å². The summed E-state index contributed by atoms with van der Waals surface area (Å²) in [6, 6.07) is 12.5. The zero-order valence-corrected chi connectivity index (χ0v) is 18.1. The first-order chi connectivity index (χ1) is 13.3. The van der Waals surface area contributed by atoms with Gasteiger partial charge in [-0.05, 0) is 55.5 Å². The summed E-state index contributed by atoms with van der Waals surface area (Å²) < 4.78 is 23.2. The predicted molar refractivity (Wildman–Crippen MR) is 116 cm³/mol. The van der Waals surface area contributed by atoms with Crippen LogP contribution in [-0.4, -0.2) is 38.9 Å². The van der Waals surface area contributed by atoms with Crippen LogP contribution in [0.5, 0.6) is 0 Å². The number of hydrogen-bond acceptors (Lipinski definition) is 5. The maximum absolute atomic E-state index is 12.6. The van der Waals surface area contributed by atoms with Gasteiger partial charge in [-0.3, -0.25) is 4.79 Å². The first kappa shape index (κ1) is 20.9. The molecule has 1 aliphatic heterocycles. The minimum Gasteiger partial charge on any atom is -0.357 e. The Hall–Kier alpha value is -1.86. The van der Waals surface area contributed by atoms with Gasteiger partial charge in [0.1, 0.15) is 0 Å². The van der Waals surface area contributed by atoms with Crippen LogP contribution in [0.3, 0.4) is 0 Å².